The Morgan fingerprint density at radius 3 is 2.67 bits per heavy atom. The summed E-state index contributed by atoms with van der Waals surface area (Å²) >= 11 is 0. The van der Waals surface area contributed by atoms with Crippen molar-refractivity contribution in [3.8, 4) is 0 Å². The first-order valence-corrected chi connectivity index (χ1v) is 6.95. The van der Waals surface area contributed by atoms with E-state index in [1.54, 1.807) is 0 Å². The number of hydrogen-bond donors (Lipinski definition) is 2. The molecule has 0 saturated carbocycles. The Balaban J connectivity index is 1.86. The number of hydrogen-bond acceptors (Lipinski definition) is 3. The first-order chi connectivity index (χ1) is 10.1. The minimum Gasteiger partial charge on any atom is -0.478 e. The van der Waals surface area contributed by atoms with Gasteiger partial charge in [0.25, 0.3) is 0 Å². The lowest BCUT2D eigenvalue weighted by atomic mass is 10.0. The summed E-state index contributed by atoms with van der Waals surface area (Å²) in [6.45, 7) is 3.02. The number of carbonyl (C=O) groups is 2. The summed E-state index contributed by atoms with van der Waals surface area (Å²) in [6, 6.07) is 7.39. The van der Waals surface area contributed by atoms with E-state index in [-0.39, 0.29) is 17.9 Å². The Morgan fingerprint density at radius 2 is 2.10 bits per heavy atom. The van der Waals surface area contributed by atoms with Crippen molar-refractivity contribution >= 4 is 18.0 Å². The highest BCUT2D eigenvalue weighted by molar-refractivity contribution is 5.85. The predicted octanol–water partition coefficient (Wildman–Crippen LogP) is 1.83. The second-order valence-corrected chi connectivity index (χ2v) is 5.10. The summed E-state index contributed by atoms with van der Waals surface area (Å²) in [5.41, 5.74) is 1.78. The zero-order valence-corrected chi connectivity index (χ0v) is 11.9. The van der Waals surface area contributed by atoms with Gasteiger partial charge in [-0.15, -0.1) is 0 Å². The van der Waals surface area contributed by atoms with E-state index < -0.39 is 5.97 Å². The Bertz CT molecular complexity index is 536. The maximum absolute atomic E-state index is 12.0. The van der Waals surface area contributed by atoms with Crippen LogP contribution in [0.5, 0.6) is 0 Å². The first kappa shape index (κ1) is 15.3. The van der Waals surface area contributed by atoms with Gasteiger partial charge in [-0.3, -0.25) is 4.79 Å². The van der Waals surface area contributed by atoms with Gasteiger partial charge in [0.15, 0.2) is 0 Å². The average molecular weight is 289 g/mol. The van der Waals surface area contributed by atoms with Crippen LogP contribution in [0.25, 0.3) is 6.08 Å². The van der Waals surface area contributed by atoms with Crippen molar-refractivity contribution in [2.75, 3.05) is 6.61 Å². The van der Waals surface area contributed by atoms with Gasteiger partial charge in [-0.25, -0.2) is 4.79 Å². The minimum absolute atomic E-state index is 0.0199. The minimum atomic E-state index is -0.973. The van der Waals surface area contributed by atoms with E-state index in [0.29, 0.717) is 13.2 Å². The van der Waals surface area contributed by atoms with E-state index in [2.05, 4.69) is 5.32 Å². The summed E-state index contributed by atoms with van der Waals surface area (Å²) in [6.07, 6.45) is 3.38. The lowest BCUT2D eigenvalue weighted by Crippen LogP contribution is -2.33. The number of benzene rings is 1. The number of carboxylic acid groups (broad SMARTS) is 1. The lowest BCUT2D eigenvalue weighted by molar-refractivity contribution is -0.131. The molecule has 1 saturated heterocycles. The van der Waals surface area contributed by atoms with Crippen molar-refractivity contribution in [3.05, 3.63) is 41.5 Å². The average Bonchev–Trinajstić information content (AvgIpc) is 2.90. The smallest absolute Gasteiger partial charge is 0.328 e. The molecular weight excluding hydrogens is 270 g/mol. The number of carbonyl (C=O) groups excluding carboxylic acids is 1. The van der Waals surface area contributed by atoms with Crippen LogP contribution in [0.4, 0.5) is 0 Å². The molecule has 2 atom stereocenters. The van der Waals surface area contributed by atoms with Gasteiger partial charge in [-0.05, 0) is 30.5 Å². The fourth-order valence-electron chi connectivity index (χ4n) is 2.31. The molecule has 2 rings (SSSR count). The first-order valence-electron chi connectivity index (χ1n) is 6.95. The van der Waals surface area contributed by atoms with Crippen LogP contribution in [0, 0.1) is 5.92 Å². The molecule has 2 unspecified atom stereocenters. The van der Waals surface area contributed by atoms with Crippen LogP contribution < -0.4 is 5.32 Å². The van der Waals surface area contributed by atoms with E-state index in [1.807, 2.05) is 31.2 Å². The van der Waals surface area contributed by atoms with E-state index in [9.17, 15) is 9.59 Å². The monoisotopic (exact) mass is 289 g/mol. The SMILES string of the molecule is CC1OCCC1C(=O)NCc1ccc(C=CC(=O)O)cc1. The molecule has 21 heavy (non-hydrogen) atoms. The van der Waals surface area contributed by atoms with Gasteiger partial charge in [0.1, 0.15) is 0 Å². The molecule has 0 aromatic heterocycles. The highest BCUT2D eigenvalue weighted by Crippen LogP contribution is 2.20. The standard InChI is InChI=1S/C16H19NO4/c1-11-14(8-9-21-11)16(20)17-10-13-4-2-12(3-5-13)6-7-15(18)19/h2-7,11,14H,8-10H2,1H3,(H,17,20)(H,18,19). The second-order valence-electron chi connectivity index (χ2n) is 5.10. The molecule has 0 radical (unpaired) electrons. The van der Waals surface area contributed by atoms with Crippen molar-refractivity contribution in [2.24, 2.45) is 5.92 Å². The largest absolute Gasteiger partial charge is 0.478 e. The maximum Gasteiger partial charge on any atom is 0.328 e. The molecule has 0 spiro atoms. The molecule has 5 nitrogen and oxygen atoms in total. The van der Waals surface area contributed by atoms with Crippen molar-refractivity contribution in [1.82, 2.24) is 5.32 Å². The fraction of sp³-hybridized carbons (Fsp3) is 0.375. The molecule has 0 bridgehead atoms. The normalized spacial score (nSPS) is 21.6. The highest BCUT2D eigenvalue weighted by atomic mass is 16.5. The molecule has 1 aromatic rings. The van der Waals surface area contributed by atoms with Gasteiger partial charge in [0.2, 0.25) is 5.91 Å². The van der Waals surface area contributed by atoms with Gasteiger partial charge in [-0.1, -0.05) is 24.3 Å². The summed E-state index contributed by atoms with van der Waals surface area (Å²) in [5.74, 6) is -1.02. The van der Waals surface area contributed by atoms with E-state index in [4.69, 9.17) is 9.84 Å². The fourth-order valence-corrected chi connectivity index (χ4v) is 2.31. The van der Waals surface area contributed by atoms with Crippen LogP contribution in [0.1, 0.15) is 24.5 Å². The third kappa shape index (κ3) is 4.43. The zero-order chi connectivity index (χ0) is 15.2. The number of nitrogens with one attached hydrogen (secondary N) is 1. The number of rotatable bonds is 5. The van der Waals surface area contributed by atoms with Crippen LogP contribution >= 0.6 is 0 Å². The zero-order valence-electron chi connectivity index (χ0n) is 11.9. The van der Waals surface area contributed by atoms with Crippen molar-refractivity contribution in [1.29, 1.82) is 0 Å². The molecule has 1 aromatic carbocycles. The van der Waals surface area contributed by atoms with Crippen LogP contribution in [-0.4, -0.2) is 29.7 Å². The maximum atomic E-state index is 12.0. The molecule has 1 fully saturated rings. The molecule has 2 N–H and O–H groups in total. The molecule has 1 heterocycles. The van der Waals surface area contributed by atoms with Crippen LogP contribution in [0.15, 0.2) is 30.3 Å². The number of ether oxygens (including phenoxy) is 1. The molecule has 112 valence electrons. The topological polar surface area (TPSA) is 75.6 Å². The third-order valence-corrected chi connectivity index (χ3v) is 3.58. The summed E-state index contributed by atoms with van der Waals surface area (Å²) < 4.78 is 5.38. The van der Waals surface area contributed by atoms with E-state index in [0.717, 1.165) is 23.6 Å². The van der Waals surface area contributed by atoms with Crippen LogP contribution in [-0.2, 0) is 20.9 Å². The van der Waals surface area contributed by atoms with E-state index in [1.165, 1.54) is 6.08 Å². The number of carboxylic acids is 1. The lowest BCUT2D eigenvalue weighted by Gasteiger charge is -2.14. The Labute approximate surface area is 123 Å². The highest BCUT2D eigenvalue weighted by Gasteiger charge is 2.30. The van der Waals surface area contributed by atoms with Crippen LogP contribution in [0.2, 0.25) is 0 Å². The van der Waals surface area contributed by atoms with Crippen LogP contribution in [0.3, 0.4) is 0 Å². The molecule has 1 amide bonds. The summed E-state index contributed by atoms with van der Waals surface area (Å²) in [7, 11) is 0. The van der Waals surface area contributed by atoms with Crippen molar-refractivity contribution in [3.63, 3.8) is 0 Å². The number of aliphatic carboxylic acids is 1. The summed E-state index contributed by atoms with van der Waals surface area (Å²) in [5, 5.41) is 11.5. The molecule has 5 heteroatoms. The van der Waals surface area contributed by atoms with E-state index >= 15 is 0 Å². The number of amides is 1. The van der Waals surface area contributed by atoms with Crippen molar-refractivity contribution in [2.45, 2.75) is 26.0 Å². The van der Waals surface area contributed by atoms with Gasteiger partial charge >= 0.3 is 5.97 Å². The Hall–Kier alpha value is -2.14. The van der Waals surface area contributed by atoms with Gasteiger partial charge in [0.05, 0.1) is 12.0 Å². The molecule has 1 aliphatic heterocycles. The Kier molecular flexibility index (Phi) is 5.11. The molecular formula is C16H19NO4. The second kappa shape index (κ2) is 7.04. The molecule has 0 aliphatic carbocycles. The Morgan fingerprint density at radius 1 is 1.38 bits per heavy atom. The predicted molar refractivity (Wildman–Crippen MR) is 78.5 cm³/mol. The van der Waals surface area contributed by atoms with Gasteiger partial charge < -0.3 is 15.2 Å². The van der Waals surface area contributed by atoms with Gasteiger partial charge in [0, 0.05) is 19.2 Å². The van der Waals surface area contributed by atoms with Crippen molar-refractivity contribution < 1.29 is 19.4 Å². The quantitative estimate of drug-likeness (QED) is 0.811. The third-order valence-electron chi connectivity index (χ3n) is 3.58. The molecule has 1 aliphatic rings. The summed E-state index contributed by atoms with van der Waals surface area (Å²) in [4.78, 5) is 22.4. The van der Waals surface area contributed by atoms with Gasteiger partial charge in [-0.2, -0.15) is 0 Å².